The van der Waals surface area contributed by atoms with E-state index in [0.717, 1.165) is 0 Å². The van der Waals surface area contributed by atoms with Gasteiger partial charge in [0.1, 0.15) is 0 Å². The molecule has 5 heteroatoms. The Hall–Kier alpha value is -0.290. The number of halogens is 3. The third-order valence-electron chi connectivity index (χ3n) is 2.27. The van der Waals surface area contributed by atoms with Crippen LogP contribution in [0, 0.1) is 5.92 Å². The lowest BCUT2D eigenvalue weighted by Gasteiger charge is -2.16. The average Bonchev–Trinajstić information content (AvgIpc) is 2.32. The van der Waals surface area contributed by atoms with Crippen LogP contribution in [0.3, 0.4) is 0 Å². The molecule has 0 spiro atoms. The van der Waals surface area contributed by atoms with E-state index in [1.807, 2.05) is 19.0 Å². The normalized spacial score (nSPS) is 30.0. The van der Waals surface area contributed by atoms with Gasteiger partial charge < -0.3 is 10.2 Å². The average molecular weight is 196 g/mol. The molecule has 0 aliphatic carbocycles. The first-order chi connectivity index (χ1) is 5.89. The minimum absolute atomic E-state index is 0.0124. The van der Waals surface area contributed by atoms with E-state index < -0.39 is 12.1 Å². The quantitative estimate of drug-likeness (QED) is 0.711. The van der Waals surface area contributed by atoms with Crippen LogP contribution in [-0.4, -0.2) is 44.3 Å². The smallest absolute Gasteiger partial charge is 0.312 e. The summed E-state index contributed by atoms with van der Waals surface area (Å²) in [5.41, 5.74) is 0. The van der Waals surface area contributed by atoms with Gasteiger partial charge in [-0.05, 0) is 20.5 Å². The molecule has 1 aliphatic rings. The van der Waals surface area contributed by atoms with Crippen molar-refractivity contribution in [2.75, 3.05) is 27.2 Å². The molecule has 0 aromatic carbocycles. The lowest BCUT2D eigenvalue weighted by atomic mass is 10.1. The van der Waals surface area contributed by atoms with Crippen LogP contribution in [0.25, 0.3) is 0 Å². The Morgan fingerprint density at radius 2 is 2.00 bits per heavy atom. The van der Waals surface area contributed by atoms with E-state index in [9.17, 15) is 13.2 Å². The van der Waals surface area contributed by atoms with Gasteiger partial charge in [-0.15, -0.1) is 0 Å². The van der Waals surface area contributed by atoms with Crippen molar-refractivity contribution in [1.29, 1.82) is 0 Å². The summed E-state index contributed by atoms with van der Waals surface area (Å²) in [6, 6.07) is -0.0124. The topological polar surface area (TPSA) is 15.3 Å². The van der Waals surface area contributed by atoms with E-state index in [4.69, 9.17) is 0 Å². The number of nitrogens with one attached hydrogen (secondary N) is 1. The van der Waals surface area contributed by atoms with Crippen molar-refractivity contribution in [2.45, 2.75) is 18.6 Å². The number of nitrogens with zero attached hydrogens (tertiary/aromatic N) is 1. The van der Waals surface area contributed by atoms with Crippen molar-refractivity contribution in [1.82, 2.24) is 10.2 Å². The fourth-order valence-electron chi connectivity index (χ4n) is 1.65. The highest BCUT2D eigenvalue weighted by atomic mass is 19.4. The number of alkyl halides is 3. The lowest BCUT2D eigenvalue weighted by molar-refractivity contribution is -0.169. The summed E-state index contributed by atoms with van der Waals surface area (Å²) in [5.74, 6) is -1.16. The first-order valence-electron chi connectivity index (χ1n) is 4.34. The Kier molecular flexibility index (Phi) is 3.18. The molecule has 1 N–H and O–H groups in total. The molecule has 0 saturated carbocycles. The zero-order chi connectivity index (χ0) is 10.1. The molecule has 0 bridgehead atoms. The van der Waals surface area contributed by atoms with Gasteiger partial charge in [-0.1, -0.05) is 0 Å². The zero-order valence-electron chi connectivity index (χ0n) is 7.86. The van der Waals surface area contributed by atoms with Gasteiger partial charge in [0.2, 0.25) is 0 Å². The Labute approximate surface area is 76.1 Å². The maximum absolute atomic E-state index is 12.2. The predicted molar refractivity (Wildman–Crippen MR) is 44.5 cm³/mol. The van der Waals surface area contributed by atoms with Gasteiger partial charge in [-0.3, -0.25) is 0 Å². The number of likely N-dealkylation sites (N-methyl/N-ethyl adjacent to an activating group) is 1. The molecule has 1 fully saturated rings. The predicted octanol–water partition coefficient (Wildman–Crippen LogP) is 1.09. The van der Waals surface area contributed by atoms with Gasteiger partial charge in [0.05, 0.1) is 5.92 Å². The van der Waals surface area contributed by atoms with Crippen LogP contribution in [0.15, 0.2) is 0 Å². The van der Waals surface area contributed by atoms with Crippen LogP contribution in [-0.2, 0) is 0 Å². The summed E-state index contributed by atoms with van der Waals surface area (Å²) in [4.78, 5) is 1.90. The molecule has 2 nitrogen and oxygen atoms in total. The molecule has 13 heavy (non-hydrogen) atoms. The third-order valence-corrected chi connectivity index (χ3v) is 2.27. The second-order valence-corrected chi connectivity index (χ2v) is 3.84. The van der Waals surface area contributed by atoms with E-state index in [1.54, 1.807) is 0 Å². The van der Waals surface area contributed by atoms with E-state index in [2.05, 4.69) is 5.32 Å². The Balaban J connectivity index is 2.36. The van der Waals surface area contributed by atoms with Crippen LogP contribution in [0.5, 0.6) is 0 Å². The molecule has 78 valence electrons. The molecule has 0 aromatic rings. The molecule has 2 atom stereocenters. The van der Waals surface area contributed by atoms with Gasteiger partial charge in [0.25, 0.3) is 0 Å². The second kappa shape index (κ2) is 3.84. The van der Waals surface area contributed by atoms with E-state index >= 15 is 0 Å². The fraction of sp³-hybridized carbons (Fsp3) is 1.00. The highest BCUT2D eigenvalue weighted by Crippen LogP contribution is 2.32. The summed E-state index contributed by atoms with van der Waals surface area (Å²) in [7, 11) is 3.73. The summed E-state index contributed by atoms with van der Waals surface area (Å²) >= 11 is 0. The van der Waals surface area contributed by atoms with Crippen molar-refractivity contribution >= 4 is 0 Å². The molecule has 0 aromatic heterocycles. The van der Waals surface area contributed by atoms with Gasteiger partial charge in [0.15, 0.2) is 0 Å². The van der Waals surface area contributed by atoms with Crippen molar-refractivity contribution in [2.24, 2.45) is 5.92 Å². The zero-order valence-corrected chi connectivity index (χ0v) is 7.86. The summed E-state index contributed by atoms with van der Waals surface area (Å²) in [6.07, 6.45) is -3.82. The van der Waals surface area contributed by atoms with Crippen molar-refractivity contribution in [3.05, 3.63) is 0 Å². The van der Waals surface area contributed by atoms with Gasteiger partial charge in [-0.25, -0.2) is 0 Å². The Bertz CT molecular complexity index is 167. The van der Waals surface area contributed by atoms with E-state index in [0.29, 0.717) is 6.54 Å². The number of hydrogen-bond donors (Lipinski definition) is 1. The standard InChI is InChI=1S/C8H15F3N2/c1-13(2)5-7-3-6(4-12-7)8(9,10)11/h6-7,12H,3-5H2,1-2H3. The largest absolute Gasteiger partial charge is 0.393 e. The van der Waals surface area contributed by atoms with Crippen LogP contribution >= 0.6 is 0 Å². The monoisotopic (exact) mass is 196 g/mol. The minimum Gasteiger partial charge on any atom is -0.312 e. The second-order valence-electron chi connectivity index (χ2n) is 3.84. The van der Waals surface area contributed by atoms with Crippen molar-refractivity contribution < 1.29 is 13.2 Å². The maximum atomic E-state index is 12.2. The lowest BCUT2D eigenvalue weighted by Crippen LogP contribution is -2.33. The maximum Gasteiger partial charge on any atom is 0.393 e. The van der Waals surface area contributed by atoms with Crippen LogP contribution < -0.4 is 5.32 Å². The fourth-order valence-corrected chi connectivity index (χ4v) is 1.65. The first kappa shape index (κ1) is 10.8. The highest BCUT2D eigenvalue weighted by molar-refractivity contribution is 4.86. The first-order valence-corrected chi connectivity index (χ1v) is 4.34. The molecule has 1 heterocycles. The van der Waals surface area contributed by atoms with Crippen molar-refractivity contribution in [3.63, 3.8) is 0 Å². The third kappa shape index (κ3) is 3.15. The molecule has 1 rings (SSSR count). The Morgan fingerprint density at radius 3 is 2.38 bits per heavy atom. The highest BCUT2D eigenvalue weighted by Gasteiger charge is 2.43. The van der Waals surface area contributed by atoms with Gasteiger partial charge in [-0.2, -0.15) is 13.2 Å². The summed E-state index contributed by atoms with van der Waals surface area (Å²) in [5, 5.41) is 2.88. The van der Waals surface area contributed by atoms with Gasteiger partial charge in [0, 0.05) is 19.1 Å². The molecule has 1 saturated heterocycles. The minimum atomic E-state index is -4.03. The van der Waals surface area contributed by atoms with Gasteiger partial charge >= 0.3 is 6.18 Å². The molecular formula is C8H15F3N2. The molecule has 0 radical (unpaired) electrons. The molecular weight excluding hydrogens is 181 g/mol. The molecule has 2 unspecified atom stereocenters. The van der Waals surface area contributed by atoms with Crippen molar-refractivity contribution in [3.8, 4) is 0 Å². The summed E-state index contributed by atoms with van der Waals surface area (Å²) in [6.45, 7) is 0.745. The number of hydrogen-bond acceptors (Lipinski definition) is 2. The SMILES string of the molecule is CN(C)CC1CC(C(F)(F)F)CN1. The summed E-state index contributed by atoms with van der Waals surface area (Å²) < 4.78 is 36.7. The van der Waals surface area contributed by atoms with Crippen LogP contribution in [0.1, 0.15) is 6.42 Å². The number of rotatable bonds is 2. The molecule has 1 aliphatic heterocycles. The van der Waals surface area contributed by atoms with E-state index in [-0.39, 0.29) is 19.0 Å². The van der Waals surface area contributed by atoms with E-state index in [1.165, 1.54) is 0 Å². The molecule has 0 amide bonds. The van der Waals surface area contributed by atoms with Crippen LogP contribution in [0.4, 0.5) is 13.2 Å². The Morgan fingerprint density at radius 1 is 1.38 bits per heavy atom. The van der Waals surface area contributed by atoms with Crippen LogP contribution in [0.2, 0.25) is 0 Å².